The maximum atomic E-state index is 12.4. The molecule has 128 valence electrons. The zero-order valence-electron chi connectivity index (χ0n) is 15.0. The van der Waals surface area contributed by atoms with Crippen LogP contribution in [0.5, 0.6) is 0 Å². The highest BCUT2D eigenvalue weighted by Crippen LogP contribution is 2.29. The van der Waals surface area contributed by atoms with Gasteiger partial charge in [0.25, 0.3) is 11.8 Å². The molecule has 5 nitrogen and oxygen atoms in total. The molecule has 0 bridgehead atoms. The van der Waals surface area contributed by atoms with Gasteiger partial charge in [-0.3, -0.25) is 9.59 Å². The first-order valence-corrected chi connectivity index (χ1v) is 8.64. The molecule has 1 fully saturated rings. The van der Waals surface area contributed by atoms with Gasteiger partial charge >= 0.3 is 0 Å². The molecule has 0 saturated heterocycles. The number of quaternary nitrogens is 1. The Bertz CT molecular complexity index is 384. The second-order valence-electron chi connectivity index (χ2n) is 7.35. The van der Waals surface area contributed by atoms with E-state index in [-0.39, 0.29) is 29.9 Å². The maximum Gasteiger partial charge on any atom is 0.278 e. The van der Waals surface area contributed by atoms with Gasteiger partial charge in [0, 0.05) is 12.1 Å². The van der Waals surface area contributed by atoms with Crippen LogP contribution in [-0.2, 0) is 9.59 Å². The van der Waals surface area contributed by atoms with Crippen molar-refractivity contribution in [3.05, 3.63) is 0 Å². The largest absolute Gasteiger partial charge is 0.349 e. The second kappa shape index (κ2) is 8.51. The average Bonchev–Trinajstić information content (AvgIpc) is 2.41. The van der Waals surface area contributed by atoms with Gasteiger partial charge in [0.1, 0.15) is 0 Å². The van der Waals surface area contributed by atoms with E-state index in [1.807, 2.05) is 27.8 Å². The molecule has 5 atom stereocenters. The molecule has 0 aliphatic heterocycles. The van der Waals surface area contributed by atoms with Crippen LogP contribution >= 0.6 is 0 Å². The van der Waals surface area contributed by atoms with Crippen molar-refractivity contribution in [2.75, 3.05) is 13.6 Å². The third-order valence-electron chi connectivity index (χ3n) is 5.06. The van der Waals surface area contributed by atoms with Crippen molar-refractivity contribution < 1.29 is 14.5 Å². The summed E-state index contributed by atoms with van der Waals surface area (Å²) in [6.07, 6.45) is 3.50. The minimum atomic E-state index is -0.220. The summed E-state index contributed by atoms with van der Waals surface area (Å²) in [6.45, 7) is 10.6. The Morgan fingerprint density at radius 1 is 1.18 bits per heavy atom. The van der Waals surface area contributed by atoms with Crippen molar-refractivity contribution >= 4 is 11.8 Å². The zero-order chi connectivity index (χ0) is 16.9. The number of hydrogen-bond donors (Lipinski definition) is 3. The predicted molar refractivity (Wildman–Crippen MR) is 88.6 cm³/mol. The van der Waals surface area contributed by atoms with Gasteiger partial charge in [-0.25, -0.2) is 0 Å². The molecule has 22 heavy (non-hydrogen) atoms. The lowest BCUT2D eigenvalue weighted by molar-refractivity contribution is -0.886. The summed E-state index contributed by atoms with van der Waals surface area (Å²) >= 11 is 0. The fraction of sp³-hybridized carbons (Fsp3) is 0.882. The highest BCUT2D eigenvalue weighted by Gasteiger charge is 2.31. The van der Waals surface area contributed by atoms with Crippen LogP contribution in [0.3, 0.4) is 0 Å². The number of carbonyl (C=O) groups excluding carboxylic acids is 2. The Kier molecular flexibility index (Phi) is 7.33. The van der Waals surface area contributed by atoms with Gasteiger partial charge in [-0.1, -0.05) is 26.7 Å². The monoisotopic (exact) mass is 312 g/mol. The van der Waals surface area contributed by atoms with E-state index < -0.39 is 0 Å². The molecule has 0 spiro atoms. The van der Waals surface area contributed by atoms with Crippen LogP contribution in [-0.4, -0.2) is 43.5 Å². The van der Waals surface area contributed by atoms with Crippen molar-refractivity contribution in [1.29, 1.82) is 0 Å². The quantitative estimate of drug-likeness (QED) is 0.663. The van der Waals surface area contributed by atoms with E-state index in [2.05, 4.69) is 24.5 Å². The van der Waals surface area contributed by atoms with E-state index >= 15 is 0 Å². The number of likely N-dealkylation sites (N-methyl/N-ethyl adjacent to an activating group) is 1. The fourth-order valence-electron chi connectivity index (χ4n) is 3.10. The topological polar surface area (TPSA) is 62.6 Å². The lowest BCUT2D eigenvalue weighted by atomic mass is 9.78. The Labute approximate surface area is 135 Å². The molecule has 0 aromatic carbocycles. The maximum absolute atomic E-state index is 12.4. The third-order valence-corrected chi connectivity index (χ3v) is 5.06. The summed E-state index contributed by atoms with van der Waals surface area (Å²) < 4.78 is 0. The molecule has 1 unspecified atom stereocenters. The van der Waals surface area contributed by atoms with Gasteiger partial charge in [-0.2, -0.15) is 0 Å². The van der Waals surface area contributed by atoms with Crippen LogP contribution < -0.4 is 15.5 Å². The second-order valence-corrected chi connectivity index (χ2v) is 7.35. The normalized spacial score (nSPS) is 28.0. The number of nitrogens with one attached hydrogen (secondary N) is 3. The smallest absolute Gasteiger partial charge is 0.278 e. The first-order chi connectivity index (χ1) is 10.2. The summed E-state index contributed by atoms with van der Waals surface area (Å²) in [5.74, 6) is 1.23. The molecule has 5 heteroatoms. The van der Waals surface area contributed by atoms with Crippen molar-refractivity contribution in [2.24, 2.45) is 11.8 Å². The molecule has 1 aliphatic carbocycles. The number of hydrogen-bond acceptors (Lipinski definition) is 2. The molecule has 2 amide bonds. The molecule has 0 heterocycles. The molecular weight excluding hydrogens is 278 g/mol. The summed E-state index contributed by atoms with van der Waals surface area (Å²) in [4.78, 5) is 25.2. The number of carbonyl (C=O) groups is 2. The minimum absolute atomic E-state index is 0.00759. The van der Waals surface area contributed by atoms with Crippen molar-refractivity contribution in [3.8, 4) is 0 Å². The van der Waals surface area contributed by atoms with Gasteiger partial charge in [0.15, 0.2) is 12.6 Å². The van der Waals surface area contributed by atoms with Gasteiger partial charge < -0.3 is 15.5 Å². The molecule has 0 radical (unpaired) electrons. The summed E-state index contributed by atoms with van der Waals surface area (Å²) in [5.41, 5.74) is 0. The van der Waals surface area contributed by atoms with Crippen molar-refractivity contribution in [1.82, 2.24) is 10.6 Å². The third kappa shape index (κ3) is 5.59. The van der Waals surface area contributed by atoms with Crippen LogP contribution in [0.25, 0.3) is 0 Å². The number of rotatable bonds is 6. The molecule has 0 aromatic heterocycles. The van der Waals surface area contributed by atoms with E-state index in [0.29, 0.717) is 18.4 Å². The van der Waals surface area contributed by atoms with Crippen molar-refractivity contribution in [3.63, 3.8) is 0 Å². The number of amides is 2. The van der Waals surface area contributed by atoms with E-state index in [4.69, 9.17) is 0 Å². The molecule has 1 aliphatic rings. The lowest BCUT2D eigenvalue weighted by Gasteiger charge is -2.35. The molecular formula is C17H34N3O2+. The Balaban J connectivity index is 2.48. The van der Waals surface area contributed by atoms with Crippen LogP contribution in [0.4, 0.5) is 0 Å². The van der Waals surface area contributed by atoms with Crippen LogP contribution in [0, 0.1) is 11.8 Å². The van der Waals surface area contributed by atoms with Crippen molar-refractivity contribution in [2.45, 2.75) is 72.0 Å². The van der Waals surface area contributed by atoms with E-state index in [1.165, 1.54) is 12.8 Å². The first kappa shape index (κ1) is 18.9. The van der Waals surface area contributed by atoms with E-state index in [1.54, 1.807) is 0 Å². The van der Waals surface area contributed by atoms with Crippen LogP contribution in [0.1, 0.15) is 53.9 Å². The molecule has 1 rings (SSSR count). The zero-order valence-corrected chi connectivity index (χ0v) is 15.0. The SMILES string of the molecule is CC(C)NC(=O)C[NH+](C)[C@H](C)C(=O)N[C@@H]1CCC[C@@H](C)[C@H]1C. The van der Waals surface area contributed by atoms with Crippen LogP contribution in [0.15, 0.2) is 0 Å². The summed E-state index contributed by atoms with van der Waals surface area (Å²) in [6, 6.07) is 0.187. The van der Waals surface area contributed by atoms with Gasteiger partial charge in [0.05, 0.1) is 7.05 Å². The highest BCUT2D eigenvalue weighted by molar-refractivity contribution is 5.81. The predicted octanol–water partition coefficient (Wildman–Crippen LogP) is 0.355. The summed E-state index contributed by atoms with van der Waals surface area (Å²) in [7, 11) is 1.90. The highest BCUT2D eigenvalue weighted by atomic mass is 16.2. The Hall–Kier alpha value is -1.10. The Morgan fingerprint density at radius 2 is 1.82 bits per heavy atom. The molecule has 0 aromatic rings. The van der Waals surface area contributed by atoms with Gasteiger partial charge in [-0.05, 0) is 39.0 Å². The van der Waals surface area contributed by atoms with E-state index in [0.717, 1.165) is 11.3 Å². The first-order valence-electron chi connectivity index (χ1n) is 8.64. The van der Waals surface area contributed by atoms with Crippen LogP contribution in [0.2, 0.25) is 0 Å². The minimum Gasteiger partial charge on any atom is -0.349 e. The lowest BCUT2D eigenvalue weighted by Crippen LogP contribution is -3.15. The molecule has 1 saturated carbocycles. The Morgan fingerprint density at radius 3 is 2.41 bits per heavy atom. The van der Waals surface area contributed by atoms with Gasteiger partial charge in [-0.15, -0.1) is 0 Å². The summed E-state index contributed by atoms with van der Waals surface area (Å²) in [5, 5.41) is 6.07. The van der Waals surface area contributed by atoms with E-state index in [9.17, 15) is 9.59 Å². The molecule has 3 N–H and O–H groups in total. The average molecular weight is 312 g/mol. The standard InChI is InChI=1S/C17H33N3O2/c1-11(2)18-16(21)10-20(6)14(5)17(22)19-15-9-7-8-12(3)13(15)4/h11-15H,7-10H2,1-6H3,(H,18,21)(H,19,22)/p+1/t12-,13-,14-,15-/m1/s1. The fourth-order valence-corrected chi connectivity index (χ4v) is 3.10. The van der Waals surface area contributed by atoms with Gasteiger partial charge in [0.2, 0.25) is 0 Å².